The zero-order valence-corrected chi connectivity index (χ0v) is 46.2. The minimum absolute atomic E-state index is 0.0245. The Morgan fingerprint density at radius 3 is 1.40 bits per heavy atom. The molecule has 0 saturated heterocycles. The number of nitrogens with two attached hydrogens (primary N) is 1. The van der Waals surface area contributed by atoms with Crippen molar-refractivity contribution in [1.82, 2.24) is 47.9 Å². The summed E-state index contributed by atoms with van der Waals surface area (Å²) in [5.41, 5.74) is 6.48. The van der Waals surface area contributed by atoms with Crippen molar-refractivity contribution in [2.45, 2.75) is 173 Å². The van der Waals surface area contributed by atoms with Crippen molar-refractivity contribution in [3.8, 4) is 0 Å². The fraction of sp³-hybridized carbons (Fsp3) is 0.660. The lowest BCUT2D eigenvalue weighted by atomic mass is 9.99. The van der Waals surface area contributed by atoms with E-state index in [1.54, 1.807) is 78.1 Å². The highest BCUT2D eigenvalue weighted by molar-refractivity contribution is 7.98. The van der Waals surface area contributed by atoms with E-state index in [1.165, 1.54) is 11.8 Å². The lowest BCUT2D eigenvalue weighted by Crippen LogP contribution is -2.63. The highest BCUT2D eigenvalue weighted by Gasteiger charge is 2.37. The zero-order chi connectivity index (χ0) is 58.9. The molecular weight excluding hydrogens is 1030 g/mol. The molecule has 0 saturated carbocycles. The summed E-state index contributed by atoms with van der Waals surface area (Å²) in [5, 5.41) is 71.8. The van der Waals surface area contributed by atoms with Gasteiger partial charge in [0, 0.05) is 6.42 Å². The van der Waals surface area contributed by atoms with E-state index >= 15 is 0 Å². The third kappa shape index (κ3) is 25.5. The molecule has 1 aromatic rings. The summed E-state index contributed by atoms with van der Waals surface area (Å²) in [7, 11) is 0. The van der Waals surface area contributed by atoms with Crippen LogP contribution in [0.5, 0.6) is 0 Å². The van der Waals surface area contributed by atoms with Gasteiger partial charge in [-0.05, 0) is 81.8 Å². The van der Waals surface area contributed by atoms with Crippen molar-refractivity contribution in [2.75, 3.05) is 18.6 Å². The topological polar surface area (TPSA) is 423 Å². The molecule has 0 spiro atoms. The average molecular weight is 1110 g/mol. The molecule has 0 aliphatic rings. The summed E-state index contributed by atoms with van der Waals surface area (Å²) >= 11 is 1.31. The van der Waals surface area contributed by atoms with Gasteiger partial charge in [0.1, 0.15) is 54.4 Å². The van der Waals surface area contributed by atoms with Gasteiger partial charge in [-0.15, -0.1) is 0 Å². The van der Waals surface area contributed by atoms with E-state index in [-0.39, 0.29) is 55.6 Å². The Hall–Kier alpha value is -6.42. The number of carboxylic acids is 2. The molecule has 0 fully saturated rings. The first-order valence-corrected chi connectivity index (χ1v) is 26.7. The van der Waals surface area contributed by atoms with E-state index in [2.05, 4.69) is 47.9 Å². The molecule has 26 nitrogen and oxygen atoms in total. The van der Waals surface area contributed by atoms with Gasteiger partial charge in [-0.3, -0.25) is 47.9 Å². The van der Waals surface area contributed by atoms with Crippen LogP contribution in [0.2, 0.25) is 0 Å². The summed E-state index contributed by atoms with van der Waals surface area (Å²) in [4.78, 5) is 145. The number of carbonyl (C=O) groups is 11. The normalized spacial score (nSPS) is 16.0. The molecule has 0 aliphatic carbocycles. The Morgan fingerprint density at radius 2 is 0.909 bits per heavy atom. The number of nitrogens with one attached hydrogen (secondary N) is 9. The summed E-state index contributed by atoms with van der Waals surface area (Å²) in [5.74, 6) is -11.7. The molecule has 16 N–H and O–H groups in total. The van der Waals surface area contributed by atoms with Gasteiger partial charge in [0.2, 0.25) is 53.2 Å². The van der Waals surface area contributed by atoms with E-state index in [1.807, 2.05) is 0 Å². The van der Waals surface area contributed by atoms with Crippen molar-refractivity contribution in [3.63, 3.8) is 0 Å². The second kappa shape index (κ2) is 34.4. The molecular formula is C50H82N10O16S. The van der Waals surface area contributed by atoms with Crippen LogP contribution < -0.4 is 53.6 Å². The summed E-state index contributed by atoms with van der Waals surface area (Å²) in [6.07, 6.45) is -2.21. The van der Waals surface area contributed by atoms with Crippen LogP contribution in [0.4, 0.5) is 0 Å². The van der Waals surface area contributed by atoms with Gasteiger partial charge < -0.3 is 79.1 Å². The fourth-order valence-corrected chi connectivity index (χ4v) is 7.96. The number of hydrogen-bond acceptors (Lipinski definition) is 16. The van der Waals surface area contributed by atoms with Crippen LogP contribution in [0.25, 0.3) is 0 Å². The van der Waals surface area contributed by atoms with Crippen molar-refractivity contribution in [2.24, 2.45) is 23.5 Å². The predicted octanol–water partition coefficient (Wildman–Crippen LogP) is -2.86. The highest BCUT2D eigenvalue weighted by Crippen LogP contribution is 2.12. The van der Waals surface area contributed by atoms with Crippen LogP contribution in [0, 0.1) is 17.8 Å². The van der Waals surface area contributed by atoms with E-state index < -0.39 is 151 Å². The van der Waals surface area contributed by atoms with Crippen molar-refractivity contribution < 1.29 is 78.3 Å². The molecule has 0 bridgehead atoms. The smallest absolute Gasteiger partial charge is 0.326 e. The number of carbonyl (C=O) groups excluding carboxylic acids is 9. The number of hydrogen-bond donors (Lipinski definition) is 15. The maximum atomic E-state index is 14.1. The van der Waals surface area contributed by atoms with Crippen LogP contribution in [-0.4, -0.2) is 182 Å². The minimum Gasteiger partial charge on any atom is -0.481 e. The van der Waals surface area contributed by atoms with Gasteiger partial charge in [-0.25, -0.2) is 4.79 Å². The molecule has 0 unspecified atom stereocenters. The molecule has 1 rings (SSSR count). The molecule has 0 aliphatic heterocycles. The van der Waals surface area contributed by atoms with Crippen molar-refractivity contribution >= 4 is 76.9 Å². The zero-order valence-electron chi connectivity index (χ0n) is 45.4. The number of thioether (sulfide) groups is 1. The average Bonchev–Trinajstić information content (AvgIpc) is 3.33. The monoisotopic (exact) mass is 1110 g/mol. The van der Waals surface area contributed by atoms with Gasteiger partial charge in [0.25, 0.3) is 0 Å². The number of rotatable bonds is 35. The van der Waals surface area contributed by atoms with Gasteiger partial charge in [-0.1, -0.05) is 71.9 Å². The number of amides is 9. The van der Waals surface area contributed by atoms with E-state index in [0.29, 0.717) is 5.56 Å². The molecule has 0 radical (unpaired) electrons. The first-order valence-electron chi connectivity index (χ1n) is 25.4. The molecule has 77 heavy (non-hydrogen) atoms. The Morgan fingerprint density at radius 1 is 0.494 bits per heavy atom. The largest absolute Gasteiger partial charge is 0.481 e. The van der Waals surface area contributed by atoms with Gasteiger partial charge >= 0.3 is 11.9 Å². The van der Waals surface area contributed by atoms with Crippen LogP contribution >= 0.6 is 11.8 Å². The van der Waals surface area contributed by atoms with Crippen LogP contribution in [0.3, 0.4) is 0 Å². The molecule has 0 aromatic heterocycles. The third-order valence-electron chi connectivity index (χ3n) is 11.6. The highest BCUT2D eigenvalue weighted by atomic mass is 32.2. The maximum Gasteiger partial charge on any atom is 0.326 e. The molecule has 27 heteroatoms. The molecule has 1 aromatic carbocycles. The van der Waals surface area contributed by atoms with Crippen molar-refractivity contribution in [1.29, 1.82) is 0 Å². The van der Waals surface area contributed by atoms with Crippen LogP contribution in [0.1, 0.15) is 100.0 Å². The lowest BCUT2D eigenvalue weighted by molar-refractivity contribution is -0.143. The van der Waals surface area contributed by atoms with E-state index in [9.17, 15) is 78.3 Å². The number of aliphatic carboxylic acids is 2. The van der Waals surface area contributed by atoms with Crippen LogP contribution in [-0.2, 0) is 59.2 Å². The van der Waals surface area contributed by atoms with Crippen molar-refractivity contribution in [3.05, 3.63) is 35.9 Å². The Kier molecular flexibility index (Phi) is 30.6. The second-order valence-electron chi connectivity index (χ2n) is 20.1. The number of aliphatic hydroxyl groups is 3. The Balaban J connectivity index is 3.30. The number of carboxylic acid groups (broad SMARTS) is 2. The maximum absolute atomic E-state index is 14.1. The lowest BCUT2D eigenvalue weighted by Gasteiger charge is -2.28. The molecule has 434 valence electrons. The Labute approximate surface area is 453 Å². The van der Waals surface area contributed by atoms with Gasteiger partial charge in [0.15, 0.2) is 0 Å². The first-order chi connectivity index (χ1) is 35.9. The predicted molar refractivity (Wildman–Crippen MR) is 283 cm³/mol. The molecule has 12 atom stereocenters. The van der Waals surface area contributed by atoms with Gasteiger partial charge in [-0.2, -0.15) is 11.8 Å². The first kappa shape index (κ1) is 68.6. The molecule has 0 heterocycles. The van der Waals surface area contributed by atoms with Crippen LogP contribution in [0.15, 0.2) is 30.3 Å². The SMILES string of the molecule is CSCC[C@H](NC(=O)[C@H](CO)NC(=O)[C@@H](NC(=O)[C@H](C)NC(=O)[C@@H](NC(=O)[C@H](CC(=O)O)NC(=O)[C@@H](N)CC(C)C)[C@@H](C)O)[C@@H](C)O)C(=O)N[C@@H](Cc1ccccc1)C(=O)N[C@@H](CC(C)C)C(=O)N[C@@H](CC(C)C)C(=O)O. The summed E-state index contributed by atoms with van der Waals surface area (Å²) < 4.78 is 0. The van der Waals surface area contributed by atoms with Gasteiger partial charge in [0.05, 0.1) is 31.3 Å². The third-order valence-corrected chi connectivity index (χ3v) is 12.2. The summed E-state index contributed by atoms with van der Waals surface area (Å²) in [6, 6.07) is -6.50. The number of benzene rings is 1. The second-order valence-corrected chi connectivity index (χ2v) is 21.1. The van der Waals surface area contributed by atoms with E-state index in [0.717, 1.165) is 20.8 Å². The quantitative estimate of drug-likeness (QED) is 0.0325. The summed E-state index contributed by atoms with van der Waals surface area (Å²) in [6.45, 7) is 13.0. The standard InChI is InChI=1S/C50H82N10O16S/c1-24(2)18-31(51)42(67)54-35(22-38(64)65)46(71)60-39(28(8)62)48(73)52-27(7)41(66)59-40(29(9)63)49(74)58-37(23-61)47(72)53-32(16-17-77-10)43(68)56-34(21-30-14-12-11-13-15-30)45(70)55-33(19-25(3)4)44(69)57-36(50(75)76)20-26(5)6/h11-15,24-29,31-37,39-40,61-63H,16-23,51H2,1-10H3,(H,52,73)(H,53,72)(H,54,67)(H,55,70)(H,56,68)(H,57,69)(H,58,74)(H,59,66)(H,60,71)(H,64,65)(H,75,76)/t27-,28+,29+,31-,32-,33-,34-,35-,36-,37-,39-,40-/m0/s1. The minimum atomic E-state index is -1.85. The molecule has 9 amide bonds. The fourth-order valence-electron chi connectivity index (χ4n) is 7.49. The number of aliphatic hydroxyl groups excluding tert-OH is 3. The van der Waals surface area contributed by atoms with E-state index in [4.69, 9.17) is 5.73 Å². The Bertz CT molecular complexity index is 2150.